The summed E-state index contributed by atoms with van der Waals surface area (Å²) in [4.78, 5) is 16.6. The van der Waals surface area contributed by atoms with Gasteiger partial charge in [0, 0.05) is 29.4 Å². The van der Waals surface area contributed by atoms with Crippen LogP contribution in [0.3, 0.4) is 0 Å². The third-order valence-corrected chi connectivity index (χ3v) is 4.22. The maximum absolute atomic E-state index is 12.3. The van der Waals surface area contributed by atoms with Gasteiger partial charge in [-0.3, -0.25) is 4.79 Å². The van der Waals surface area contributed by atoms with Gasteiger partial charge < -0.3 is 10.6 Å². The Labute approximate surface area is 129 Å². The molecular formula is C16H21N3OS. The highest BCUT2D eigenvalue weighted by Gasteiger charge is 2.25. The molecule has 0 aliphatic carbocycles. The molecule has 1 heterocycles. The molecule has 0 unspecified atom stereocenters. The Bertz CT molecular complexity index is 576. The van der Waals surface area contributed by atoms with Crippen molar-refractivity contribution >= 4 is 22.9 Å². The number of nitrogens with one attached hydrogen (secondary N) is 2. The fraction of sp³-hybridized carbons (Fsp3) is 0.375. The van der Waals surface area contributed by atoms with Crippen LogP contribution in [0.15, 0.2) is 35.8 Å². The standard InChI is InChI=1S/C16H21N3OS/c1-4-9-17-13-7-5-12(6-8-13)14(20)19-16(2,3)15-18-10-11-21-15/h5-8,10-11,17H,4,9H2,1-3H3,(H,19,20). The lowest BCUT2D eigenvalue weighted by molar-refractivity contribution is 0.0912. The molecule has 0 fully saturated rings. The minimum absolute atomic E-state index is 0.0859. The van der Waals surface area contributed by atoms with Gasteiger partial charge in [-0.2, -0.15) is 0 Å². The molecule has 0 aliphatic rings. The number of anilines is 1. The van der Waals surface area contributed by atoms with Crippen LogP contribution in [0.5, 0.6) is 0 Å². The Morgan fingerprint density at radius 2 is 2.00 bits per heavy atom. The van der Waals surface area contributed by atoms with E-state index in [1.54, 1.807) is 17.5 Å². The van der Waals surface area contributed by atoms with Crippen LogP contribution in [-0.4, -0.2) is 17.4 Å². The predicted octanol–water partition coefficient (Wildman–Crippen LogP) is 3.63. The summed E-state index contributed by atoms with van der Waals surface area (Å²) in [7, 11) is 0. The number of nitrogens with zero attached hydrogens (tertiary/aromatic N) is 1. The predicted molar refractivity (Wildman–Crippen MR) is 87.8 cm³/mol. The normalized spacial score (nSPS) is 11.2. The van der Waals surface area contributed by atoms with Gasteiger partial charge >= 0.3 is 0 Å². The van der Waals surface area contributed by atoms with Crippen LogP contribution in [0.4, 0.5) is 5.69 Å². The van der Waals surface area contributed by atoms with Gasteiger partial charge in [0.25, 0.3) is 5.91 Å². The van der Waals surface area contributed by atoms with Crippen LogP contribution in [0.25, 0.3) is 0 Å². The van der Waals surface area contributed by atoms with E-state index in [0.717, 1.165) is 23.7 Å². The monoisotopic (exact) mass is 303 g/mol. The second-order valence-electron chi connectivity index (χ2n) is 5.42. The van der Waals surface area contributed by atoms with Crippen LogP contribution in [-0.2, 0) is 5.54 Å². The molecule has 1 aromatic heterocycles. The summed E-state index contributed by atoms with van der Waals surface area (Å²) in [6.07, 6.45) is 2.83. The van der Waals surface area contributed by atoms with Crippen molar-refractivity contribution in [2.24, 2.45) is 0 Å². The average molecular weight is 303 g/mol. The minimum Gasteiger partial charge on any atom is -0.385 e. The molecule has 1 amide bonds. The Hall–Kier alpha value is -1.88. The molecule has 112 valence electrons. The SMILES string of the molecule is CCCNc1ccc(C(=O)NC(C)(C)c2nccs2)cc1. The van der Waals surface area contributed by atoms with Gasteiger partial charge in [-0.05, 0) is 44.5 Å². The first-order valence-electron chi connectivity index (χ1n) is 7.09. The maximum Gasteiger partial charge on any atom is 0.252 e. The summed E-state index contributed by atoms with van der Waals surface area (Å²) in [6.45, 7) is 6.97. The zero-order chi connectivity index (χ0) is 15.3. The summed E-state index contributed by atoms with van der Waals surface area (Å²) in [6, 6.07) is 7.54. The summed E-state index contributed by atoms with van der Waals surface area (Å²) in [5, 5.41) is 9.13. The van der Waals surface area contributed by atoms with Crippen LogP contribution in [0.1, 0.15) is 42.6 Å². The molecule has 0 bridgehead atoms. The fourth-order valence-corrected chi connectivity index (χ4v) is 2.67. The molecule has 0 saturated carbocycles. The van der Waals surface area contributed by atoms with Gasteiger partial charge in [-0.25, -0.2) is 4.98 Å². The number of benzene rings is 1. The molecule has 21 heavy (non-hydrogen) atoms. The summed E-state index contributed by atoms with van der Waals surface area (Å²) < 4.78 is 0. The van der Waals surface area contributed by atoms with E-state index in [9.17, 15) is 4.79 Å². The number of thiazole rings is 1. The molecule has 1 aromatic carbocycles. The van der Waals surface area contributed by atoms with E-state index in [-0.39, 0.29) is 5.91 Å². The summed E-state index contributed by atoms with van der Waals surface area (Å²) in [5.74, 6) is -0.0859. The molecule has 0 aliphatic heterocycles. The zero-order valence-electron chi connectivity index (χ0n) is 12.6. The quantitative estimate of drug-likeness (QED) is 0.857. The van der Waals surface area contributed by atoms with Crippen molar-refractivity contribution in [1.29, 1.82) is 0 Å². The average Bonchev–Trinajstić information content (AvgIpc) is 3.00. The Kier molecular flexibility index (Phi) is 4.96. The molecule has 5 heteroatoms. The lowest BCUT2D eigenvalue weighted by Gasteiger charge is -2.23. The Morgan fingerprint density at radius 3 is 2.57 bits per heavy atom. The van der Waals surface area contributed by atoms with E-state index >= 15 is 0 Å². The van der Waals surface area contributed by atoms with E-state index in [2.05, 4.69) is 22.5 Å². The highest BCUT2D eigenvalue weighted by atomic mass is 32.1. The second kappa shape index (κ2) is 6.72. The van der Waals surface area contributed by atoms with E-state index in [0.29, 0.717) is 5.56 Å². The zero-order valence-corrected chi connectivity index (χ0v) is 13.5. The lowest BCUT2D eigenvalue weighted by atomic mass is 10.1. The van der Waals surface area contributed by atoms with E-state index in [1.807, 2.05) is 43.5 Å². The Morgan fingerprint density at radius 1 is 1.29 bits per heavy atom. The third-order valence-electron chi connectivity index (χ3n) is 3.12. The largest absolute Gasteiger partial charge is 0.385 e. The lowest BCUT2D eigenvalue weighted by Crippen LogP contribution is -2.40. The highest BCUT2D eigenvalue weighted by molar-refractivity contribution is 7.09. The van der Waals surface area contributed by atoms with Gasteiger partial charge in [0.05, 0.1) is 5.54 Å². The van der Waals surface area contributed by atoms with Crippen LogP contribution in [0, 0.1) is 0 Å². The van der Waals surface area contributed by atoms with Crippen molar-refractivity contribution < 1.29 is 4.79 Å². The minimum atomic E-state index is -0.468. The molecule has 0 radical (unpaired) electrons. The van der Waals surface area contributed by atoms with Crippen molar-refractivity contribution in [2.75, 3.05) is 11.9 Å². The number of rotatable bonds is 6. The van der Waals surface area contributed by atoms with Crippen molar-refractivity contribution in [1.82, 2.24) is 10.3 Å². The van der Waals surface area contributed by atoms with Crippen molar-refractivity contribution in [2.45, 2.75) is 32.7 Å². The summed E-state index contributed by atoms with van der Waals surface area (Å²) in [5.41, 5.74) is 1.22. The molecule has 0 saturated heterocycles. The smallest absolute Gasteiger partial charge is 0.252 e. The third kappa shape index (κ3) is 4.04. The van der Waals surface area contributed by atoms with Gasteiger partial charge in [0.15, 0.2) is 0 Å². The Balaban J connectivity index is 2.03. The first-order chi connectivity index (χ1) is 10.0. The van der Waals surface area contributed by atoms with Crippen molar-refractivity contribution in [3.05, 3.63) is 46.4 Å². The first-order valence-corrected chi connectivity index (χ1v) is 7.97. The number of carbonyl (C=O) groups excluding carboxylic acids is 1. The fourth-order valence-electron chi connectivity index (χ4n) is 1.95. The number of hydrogen-bond donors (Lipinski definition) is 2. The van der Waals surface area contributed by atoms with Gasteiger partial charge in [-0.15, -0.1) is 11.3 Å². The molecule has 0 atom stereocenters. The van der Waals surface area contributed by atoms with Gasteiger partial charge in [0.2, 0.25) is 0 Å². The van der Waals surface area contributed by atoms with Gasteiger partial charge in [-0.1, -0.05) is 6.92 Å². The van der Waals surface area contributed by atoms with E-state index in [4.69, 9.17) is 0 Å². The second-order valence-corrected chi connectivity index (χ2v) is 6.32. The number of aromatic nitrogens is 1. The number of amides is 1. The topological polar surface area (TPSA) is 54.0 Å². The summed E-state index contributed by atoms with van der Waals surface area (Å²) >= 11 is 1.54. The molecule has 2 N–H and O–H groups in total. The van der Waals surface area contributed by atoms with Crippen molar-refractivity contribution in [3.8, 4) is 0 Å². The van der Waals surface area contributed by atoms with Crippen molar-refractivity contribution in [3.63, 3.8) is 0 Å². The highest BCUT2D eigenvalue weighted by Crippen LogP contribution is 2.22. The molecule has 2 aromatic rings. The van der Waals surface area contributed by atoms with E-state index in [1.165, 1.54) is 0 Å². The number of carbonyl (C=O) groups is 1. The van der Waals surface area contributed by atoms with Gasteiger partial charge in [0.1, 0.15) is 5.01 Å². The van der Waals surface area contributed by atoms with Crippen LogP contribution in [0.2, 0.25) is 0 Å². The molecule has 2 rings (SSSR count). The maximum atomic E-state index is 12.3. The van der Waals surface area contributed by atoms with Crippen LogP contribution >= 0.6 is 11.3 Å². The first kappa shape index (κ1) is 15.5. The molecule has 0 spiro atoms. The van der Waals surface area contributed by atoms with E-state index < -0.39 is 5.54 Å². The number of hydrogen-bond acceptors (Lipinski definition) is 4. The molecule has 4 nitrogen and oxygen atoms in total. The molecular weight excluding hydrogens is 282 g/mol. The van der Waals surface area contributed by atoms with Crippen LogP contribution < -0.4 is 10.6 Å².